The quantitative estimate of drug-likeness (QED) is 0.634. The van der Waals surface area contributed by atoms with Crippen molar-refractivity contribution in [3.05, 3.63) is 65.7 Å². The molecule has 140 valence electrons. The van der Waals surface area contributed by atoms with E-state index >= 15 is 0 Å². The number of hydrogen-bond acceptors (Lipinski definition) is 3. The molecule has 0 aliphatic carbocycles. The van der Waals surface area contributed by atoms with E-state index in [9.17, 15) is 0 Å². The summed E-state index contributed by atoms with van der Waals surface area (Å²) in [7, 11) is 0. The van der Waals surface area contributed by atoms with Crippen LogP contribution in [0, 0.1) is 0 Å². The minimum Gasteiger partial charge on any atom is -0.381 e. The third-order valence-corrected chi connectivity index (χ3v) is 5.31. The smallest absolute Gasteiger partial charge is 0.0400 e. The molecule has 3 heteroatoms. The van der Waals surface area contributed by atoms with Crippen molar-refractivity contribution in [3.63, 3.8) is 0 Å². The first kappa shape index (κ1) is 18.9. The Hall–Kier alpha value is -1.84. The maximum Gasteiger partial charge on any atom is 0.0400 e. The van der Waals surface area contributed by atoms with Gasteiger partial charge in [-0.05, 0) is 29.7 Å². The second-order valence-corrected chi connectivity index (χ2v) is 7.26. The lowest BCUT2D eigenvalue weighted by Gasteiger charge is -2.35. The Bertz CT molecular complexity index is 618. The Morgan fingerprint density at radius 3 is 2.38 bits per heavy atom. The minimum atomic E-state index is 0.562. The van der Waals surface area contributed by atoms with Crippen LogP contribution in [0.3, 0.4) is 0 Å². The summed E-state index contributed by atoms with van der Waals surface area (Å²) in [4.78, 5) is 2.67. The van der Waals surface area contributed by atoms with E-state index in [1.54, 1.807) is 0 Å². The fourth-order valence-corrected chi connectivity index (χ4v) is 3.76. The van der Waals surface area contributed by atoms with E-state index in [-0.39, 0.29) is 0 Å². The maximum atomic E-state index is 3.54. The Kier molecular flexibility index (Phi) is 7.53. The fourth-order valence-electron chi connectivity index (χ4n) is 3.76. The van der Waals surface area contributed by atoms with E-state index in [2.05, 4.69) is 77.1 Å². The number of unbranched alkanes of at least 4 members (excludes halogenated alkanes) is 2. The van der Waals surface area contributed by atoms with Crippen LogP contribution in [-0.2, 0) is 6.54 Å². The molecule has 3 nitrogen and oxygen atoms in total. The number of rotatable bonds is 9. The largest absolute Gasteiger partial charge is 0.381 e. The molecule has 1 saturated heterocycles. The predicted molar refractivity (Wildman–Crippen MR) is 112 cm³/mol. The average molecular weight is 352 g/mol. The number of nitrogens with one attached hydrogen (secondary N) is 2. The lowest BCUT2D eigenvalue weighted by Crippen LogP contribution is -2.45. The molecular weight excluding hydrogens is 318 g/mol. The van der Waals surface area contributed by atoms with Gasteiger partial charge in [0.1, 0.15) is 0 Å². The summed E-state index contributed by atoms with van der Waals surface area (Å²) in [5.74, 6) is 0. The summed E-state index contributed by atoms with van der Waals surface area (Å²) in [5.41, 5.74) is 3.98. The van der Waals surface area contributed by atoms with Crippen LogP contribution in [0.5, 0.6) is 0 Å². The SMILES string of the molecule is CCCCC[C@H](c1ccc(NCc2ccccc2)cc1)N1CCNCC1. The van der Waals surface area contributed by atoms with Gasteiger partial charge in [-0.15, -0.1) is 0 Å². The lowest BCUT2D eigenvalue weighted by molar-refractivity contribution is 0.163. The van der Waals surface area contributed by atoms with E-state index in [1.165, 1.54) is 42.5 Å². The maximum absolute atomic E-state index is 3.54. The molecule has 2 N–H and O–H groups in total. The molecule has 0 unspecified atom stereocenters. The van der Waals surface area contributed by atoms with Crippen molar-refractivity contribution >= 4 is 5.69 Å². The topological polar surface area (TPSA) is 27.3 Å². The van der Waals surface area contributed by atoms with Gasteiger partial charge in [0.15, 0.2) is 0 Å². The molecule has 0 aromatic heterocycles. The van der Waals surface area contributed by atoms with E-state index in [1.807, 2.05) is 0 Å². The molecule has 1 aliphatic heterocycles. The summed E-state index contributed by atoms with van der Waals surface area (Å²) in [5, 5.41) is 7.01. The third kappa shape index (κ3) is 5.58. The van der Waals surface area contributed by atoms with Gasteiger partial charge in [-0.1, -0.05) is 68.7 Å². The van der Waals surface area contributed by atoms with Gasteiger partial charge < -0.3 is 10.6 Å². The van der Waals surface area contributed by atoms with Crippen molar-refractivity contribution in [2.45, 2.75) is 45.2 Å². The van der Waals surface area contributed by atoms with E-state index in [0.29, 0.717) is 6.04 Å². The molecule has 0 saturated carbocycles. The number of benzene rings is 2. The van der Waals surface area contributed by atoms with Crippen LogP contribution in [0.1, 0.15) is 49.8 Å². The average Bonchev–Trinajstić information content (AvgIpc) is 2.72. The zero-order chi connectivity index (χ0) is 18.0. The van der Waals surface area contributed by atoms with Crippen LogP contribution in [-0.4, -0.2) is 31.1 Å². The van der Waals surface area contributed by atoms with Gasteiger partial charge in [0.05, 0.1) is 0 Å². The molecule has 1 heterocycles. The molecule has 2 aromatic rings. The van der Waals surface area contributed by atoms with E-state index in [0.717, 1.165) is 32.7 Å². The summed E-state index contributed by atoms with van der Waals surface area (Å²) in [6.45, 7) is 7.70. The van der Waals surface area contributed by atoms with Gasteiger partial charge in [-0.2, -0.15) is 0 Å². The molecule has 1 aliphatic rings. The molecule has 0 radical (unpaired) electrons. The van der Waals surface area contributed by atoms with Crippen molar-refractivity contribution in [1.82, 2.24) is 10.2 Å². The zero-order valence-electron chi connectivity index (χ0n) is 16.1. The van der Waals surface area contributed by atoms with Crippen molar-refractivity contribution in [2.75, 3.05) is 31.5 Å². The van der Waals surface area contributed by atoms with Crippen LogP contribution in [0.25, 0.3) is 0 Å². The highest BCUT2D eigenvalue weighted by Gasteiger charge is 2.21. The first-order chi connectivity index (χ1) is 12.9. The van der Waals surface area contributed by atoms with Gasteiger partial charge in [-0.3, -0.25) is 4.90 Å². The summed E-state index contributed by atoms with van der Waals surface area (Å²) < 4.78 is 0. The molecule has 0 bridgehead atoms. The molecular formula is C23H33N3. The van der Waals surface area contributed by atoms with E-state index < -0.39 is 0 Å². The fraction of sp³-hybridized carbons (Fsp3) is 0.478. The minimum absolute atomic E-state index is 0.562. The highest BCUT2D eigenvalue weighted by atomic mass is 15.2. The number of nitrogens with zero attached hydrogens (tertiary/aromatic N) is 1. The van der Waals surface area contributed by atoms with Crippen LogP contribution >= 0.6 is 0 Å². The summed E-state index contributed by atoms with van der Waals surface area (Å²) in [6, 6.07) is 20.3. The Morgan fingerprint density at radius 2 is 1.69 bits per heavy atom. The standard InChI is InChI=1S/C23H33N3/c1-2-3-5-10-23(26-17-15-24-16-18-26)21-11-13-22(14-12-21)25-19-20-8-6-4-7-9-20/h4,6-9,11-14,23-25H,2-3,5,10,15-19H2,1H3/t23-/m1/s1. The van der Waals surface area contributed by atoms with Crippen molar-refractivity contribution in [2.24, 2.45) is 0 Å². The molecule has 26 heavy (non-hydrogen) atoms. The predicted octanol–water partition coefficient (Wildman–Crippen LogP) is 4.83. The Morgan fingerprint density at radius 1 is 0.962 bits per heavy atom. The highest BCUT2D eigenvalue weighted by molar-refractivity contribution is 5.45. The normalized spacial score (nSPS) is 16.3. The van der Waals surface area contributed by atoms with Crippen LogP contribution < -0.4 is 10.6 Å². The monoisotopic (exact) mass is 351 g/mol. The van der Waals surface area contributed by atoms with Crippen molar-refractivity contribution in [3.8, 4) is 0 Å². The first-order valence-corrected chi connectivity index (χ1v) is 10.2. The molecule has 1 fully saturated rings. The summed E-state index contributed by atoms with van der Waals surface area (Å²) >= 11 is 0. The molecule has 3 rings (SSSR count). The summed E-state index contributed by atoms with van der Waals surface area (Å²) in [6.07, 6.45) is 5.21. The Balaban J connectivity index is 1.62. The molecule has 0 spiro atoms. The number of piperazine rings is 1. The van der Waals surface area contributed by atoms with Gasteiger partial charge in [0.2, 0.25) is 0 Å². The Labute approximate surface area is 158 Å². The lowest BCUT2D eigenvalue weighted by atomic mass is 9.98. The van der Waals surface area contributed by atoms with Crippen molar-refractivity contribution in [1.29, 1.82) is 0 Å². The van der Waals surface area contributed by atoms with Crippen LogP contribution in [0.15, 0.2) is 54.6 Å². The second-order valence-electron chi connectivity index (χ2n) is 7.26. The zero-order valence-corrected chi connectivity index (χ0v) is 16.1. The van der Waals surface area contributed by atoms with E-state index in [4.69, 9.17) is 0 Å². The second kappa shape index (κ2) is 10.3. The molecule has 1 atom stereocenters. The van der Waals surface area contributed by atoms with Gasteiger partial charge in [0, 0.05) is 44.5 Å². The number of anilines is 1. The third-order valence-electron chi connectivity index (χ3n) is 5.31. The van der Waals surface area contributed by atoms with Gasteiger partial charge in [-0.25, -0.2) is 0 Å². The first-order valence-electron chi connectivity index (χ1n) is 10.2. The highest BCUT2D eigenvalue weighted by Crippen LogP contribution is 2.28. The van der Waals surface area contributed by atoms with Gasteiger partial charge >= 0.3 is 0 Å². The molecule has 2 aromatic carbocycles. The molecule has 0 amide bonds. The van der Waals surface area contributed by atoms with Gasteiger partial charge in [0.25, 0.3) is 0 Å². The van der Waals surface area contributed by atoms with Crippen LogP contribution in [0.4, 0.5) is 5.69 Å². The van der Waals surface area contributed by atoms with Crippen LogP contribution in [0.2, 0.25) is 0 Å². The number of hydrogen-bond donors (Lipinski definition) is 2. The van der Waals surface area contributed by atoms with Crippen molar-refractivity contribution < 1.29 is 0 Å².